The van der Waals surface area contributed by atoms with Crippen LogP contribution >= 0.6 is 11.8 Å². The molecule has 0 spiro atoms. The second kappa shape index (κ2) is 8.97. The van der Waals surface area contributed by atoms with Crippen molar-refractivity contribution in [3.63, 3.8) is 0 Å². The van der Waals surface area contributed by atoms with Crippen molar-refractivity contribution in [1.82, 2.24) is 29.1 Å². The van der Waals surface area contributed by atoms with Crippen LogP contribution in [0.25, 0.3) is 0 Å². The molecule has 0 atom stereocenters. The van der Waals surface area contributed by atoms with Crippen LogP contribution in [0.4, 0.5) is 34.6 Å². The molecule has 34 heavy (non-hydrogen) atoms. The molecule has 4 heterocycles. The van der Waals surface area contributed by atoms with Crippen molar-refractivity contribution in [2.24, 2.45) is 0 Å². The van der Waals surface area contributed by atoms with Crippen LogP contribution in [0.15, 0.2) is 71.0 Å². The molecule has 8 nitrogen and oxygen atoms in total. The van der Waals surface area contributed by atoms with Crippen molar-refractivity contribution in [1.29, 1.82) is 0 Å². The van der Waals surface area contributed by atoms with E-state index >= 15 is 0 Å². The molecule has 2 aromatic carbocycles. The summed E-state index contributed by atoms with van der Waals surface area (Å²) in [5, 5.41) is 0. The van der Waals surface area contributed by atoms with Crippen LogP contribution in [0.1, 0.15) is 0 Å². The molecule has 4 aromatic rings. The number of hydrogen-bond donors (Lipinski definition) is 0. The minimum absolute atomic E-state index is 0. The standard InChI is InChI=1S/C24H16N8S.Pt/c1-29-15-31(23-21(29)25-9-11-27-23)17-5-3-7-19(13-17)33-20-8-4-6-18(14-20)32-16-30(2)22-24(32)28-12-10-26-22;/h3-12H,1-2H3;/q2*+2. The molecule has 2 aromatic heterocycles. The molecule has 0 amide bonds. The van der Waals surface area contributed by atoms with Crippen molar-refractivity contribution < 1.29 is 30.2 Å². The maximum absolute atomic E-state index is 4.46. The van der Waals surface area contributed by atoms with Crippen molar-refractivity contribution >= 4 is 58.4 Å². The summed E-state index contributed by atoms with van der Waals surface area (Å²) in [4.78, 5) is 19.6. The second-order valence-corrected chi connectivity index (χ2v) is 8.38. The predicted molar refractivity (Wildman–Crippen MR) is 123 cm³/mol. The molecular weight excluding hydrogens is 627 g/mol. The maximum atomic E-state index is 4.46. The summed E-state index contributed by atoms with van der Waals surface area (Å²) in [7, 11) is 3.80. The first-order valence-corrected chi connectivity index (χ1v) is 10.9. The van der Waals surface area contributed by atoms with E-state index in [4.69, 9.17) is 0 Å². The van der Waals surface area contributed by atoms with Gasteiger partial charge in [-0.1, -0.05) is 14.4 Å². The van der Waals surface area contributed by atoms with Gasteiger partial charge in [0.2, 0.25) is 0 Å². The van der Waals surface area contributed by atoms with E-state index < -0.39 is 0 Å². The molecule has 0 bridgehead atoms. The fourth-order valence-electron chi connectivity index (χ4n) is 3.63. The van der Waals surface area contributed by atoms with E-state index in [1.165, 1.54) is 0 Å². The minimum atomic E-state index is 0. The van der Waals surface area contributed by atoms with Crippen molar-refractivity contribution in [3.8, 4) is 0 Å². The van der Waals surface area contributed by atoms with Crippen LogP contribution in [0.3, 0.4) is 0 Å². The summed E-state index contributed by atoms with van der Waals surface area (Å²) in [6, 6.07) is 25.4. The van der Waals surface area contributed by atoms with Gasteiger partial charge in [-0.05, 0) is 0 Å². The summed E-state index contributed by atoms with van der Waals surface area (Å²) in [6.45, 7) is 0. The largest absolute Gasteiger partial charge is 2.00 e. The molecule has 0 aliphatic carbocycles. The molecule has 0 saturated heterocycles. The first-order valence-electron chi connectivity index (χ1n) is 10.1. The molecule has 6 rings (SSSR count). The molecule has 0 unspecified atom stereocenters. The number of fused-ring (bicyclic) bond motifs is 2. The summed E-state index contributed by atoms with van der Waals surface area (Å²) >= 11 is 1.58. The third kappa shape index (κ3) is 3.85. The van der Waals surface area contributed by atoms with Crippen LogP contribution in [-0.2, 0) is 21.1 Å². The Morgan fingerprint density at radius 3 is 1.50 bits per heavy atom. The number of nitrogens with zero attached hydrogens (tertiary/aromatic N) is 8. The van der Waals surface area contributed by atoms with Gasteiger partial charge < -0.3 is 0 Å². The van der Waals surface area contributed by atoms with Gasteiger partial charge in [0.05, 0.1) is 23.8 Å². The van der Waals surface area contributed by atoms with E-state index in [1.54, 1.807) is 36.5 Å². The molecule has 164 valence electrons. The Hall–Kier alpha value is -3.60. The first kappa shape index (κ1) is 22.2. The molecule has 2 aliphatic rings. The zero-order valence-electron chi connectivity index (χ0n) is 18.1. The number of benzene rings is 2. The van der Waals surface area contributed by atoms with E-state index in [9.17, 15) is 0 Å². The van der Waals surface area contributed by atoms with Crippen molar-refractivity contribution in [2.45, 2.75) is 9.79 Å². The summed E-state index contributed by atoms with van der Waals surface area (Å²) in [5.41, 5.74) is 1.68. The smallest absolute Gasteiger partial charge is 0.196 e. The van der Waals surface area contributed by atoms with Gasteiger partial charge in [-0.3, -0.25) is 0 Å². The Bertz CT molecular complexity index is 1480. The Kier molecular flexibility index (Phi) is 5.86. The molecule has 0 N–H and O–H groups in total. The minimum Gasteiger partial charge on any atom is -0.196 e. The predicted octanol–water partition coefficient (Wildman–Crippen LogP) is 3.61. The van der Waals surface area contributed by atoms with E-state index in [2.05, 4.69) is 44.1 Å². The molecule has 0 saturated carbocycles. The second-order valence-electron chi connectivity index (χ2n) is 7.30. The van der Waals surface area contributed by atoms with Gasteiger partial charge in [-0.25, -0.2) is 0 Å². The number of aromatic nitrogens is 4. The fourth-order valence-corrected chi connectivity index (χ4v) is 4.47. The van der Waals surface area contributed by atoms with E-state index in [0.29, 0.717) is 0 Å². The van der Waals surface area contributed by atoms with Gasteiger partial charge in [0, 0.05) is 9.97 Å². The third-order valence-electron chi connectivity index (χ3n) is 5.09. The Morgan fingerprint density at radius 1 is 0.647 bits per heavy atom. The maximum Gasteiger partial charge on any atom is 2.00 e. The Balaban J connectivity index is 0.00000241. The Labute approximate surface area is 214 Å². The summed E-state index contributed by atoms with van der Waals surface area (Å²) < 4.78 is 7.39. The average Bonchev–Trinajstić information content (AvgIpc) is 3.37. The molecule has 10 heteroatoms. The van der Waals surface area contributed by atoms with E-state index in [0.717, 1.165) is 44.4 Å². The van der Waals surface area contributed by atoms with Gasteiger partial charge in [0.25, 0.3) is 0 Å². The third-order valence-corrected chi connectivity index (χ3v) is 6.00. The van der Waals surface area contributed by atoms with Crippen LogP contribution in [0, 0.1) is 12.1 Å². The van der Waals surface area contributed by atoms with Crippen LogP contribution in [0.5, 0.6) is 0 Å². The SMILES string of the molecule is C[N+]1=C=[N+](c2[c-]c(Sc3[c-]c([N+]4=C=[N+](C)c5nccnc54)ccc3)ccc2)c2nccnc21.[Pt+2]. The quantitative estimate of drug-likeness (QED) is 0.251. The van der Waals surface area contributed by atoms with Crippen molar-refractivity contribution in [3.05, 3.63) is 73.3 Å². The van der Waals surface area contributed by atoms with Gasteiger partial charge in [0.15, 0.2) is 12.4 Å². The summed E-state index contributed by atoms with van der Waals surface area (Å²) in [5.74, 6) is 2.99. The van der Waals surface area contributed by atoms with E-state index in [1.807, 2.05) is 68.8 Å². The van der Waals surface area contributed by atoms with E-state index in [-0.39, 0.29) is 21.1 Å². The van der Waals surface area contributed by atoms with Crippen LogP contribution in [0.2, 0.25) is 0 Å². The fraction of sp³-hybridized carbons (Fsp3) is 0.0833. The Morgan fingerprint density at radius 2 is 1.06 bits per heavy atom. The van der Waals surface area contributed by atoms with Crippen LogP contribution in [-0.4, -0.2) is 55.2 Å². The topological polar surface area (TPSA) is 63.6 Å². The number of rotatable bonds is 4. The van der Waals surface area contributed by atoms with Gasteiger partial charge >= 0.3 is 56.4 Å². The van der Waals surface area contributed by atoms with Crippen molar-refractivity contribution in [2.75, 3.05) is 14.1 Å². The van der Waals surface area contributed by atoms with Crippen LogP contribution < -0.4 is 9.15 Å². The molecular formula is C24H16N8PtS+4. The van der Waals surface area contributed by atoms with Gasteiger partial charge in [-0.2, -0.15) is 34.2 Å². The zero-order chi connectivity index (χ0) is 22.4. The summed E-state index contributed by atoms with van der Waals surface area (Å²) in [6.07, 6.45) is 6.71. The molecule has 0 fully saturated rings. The van der Waals surface area contributed by atoms with Gasteiger partial charge in [-0.15, -0.1) is 49.8 Å². The normalized spacial score (nSPS) is 13.2. The monoisotopic (exact) mass is 643 g/mol. The number of hydrogen-bond acceptors (Lipinski definition) is 5. The average molecular weight is 644 g/mol. The molecule has 2 aliphatic heterocycles. The molecule has 0 radical (unpaired) electrons. The first-order chi connectivity index (χ1) is 16.2. The van der Waals surface area contributed by atoms with Gasteiger partial charge in [0.1, 0.15) is 14.1 Å². The zero-order valence-corrected chi connectivity index (χ0v) is 21.2.